The number of hydrogen-bond donors (Lipinski definition) is 1. The first-order valence-electron chi connectivity index (χ1n) is 6.04. The van der Waals surface area contributed by atoms with Crippen molar-refractivity contribution < 1.29 is 9.85 Å². The van der Waals surface area contributed by atoms with Crippen LogP contribution in [0.25, 0.3) is 10.9 Å². The molecular formula is C12H11N3O4. The van der Waals surface area contributed by atoms with E-state index in [1.165, 1.54) is 6.07 Å². The van der Waals surface area contributed by atoms with Crippen molar-refractivity contribution >= 4 is 22.3 Å². The molecule has 0 spiro atoms. The van der Waals surface area contributed by atoms with Crippen LogP contribution < -0.4 is 0 Å². The molecule has 0 saturated carbocycles. The number of H-pyrrole nitrogens is 1. The maximum Gasteiger partial charge on any atom is 0.300 e. The number of nitrogens with one attached hydrogen (secondary N) is 1. The van der Waals surface area contributed by atoms with Gasteiger partial charge in [-0.2, -0.15) is 0 Å². The molecule has 19 heavy (non-hydrogen) atoms. The zero-order chi connectivity index (χ0) is 13.6. The molecule has 0 unspecified atom stereocenters. The molecule has 0 bridgehead atoms. The second kappa shape index (κ2) is 4.04. The van der Waals surface area contributed by atoms with Gasteiger partial charge in [-0.3, -0.25) is 20.2 Å². The number of fused-ring (bicyclic) bond motifs is 3. The van der Waals surface area contributed by atoms with Gasteiger partial charge in [-0.1, -0.05) is 0 Å². The molecule has 1 aromatic heterocycles. The van der Waals surface area contributed by atoms with E-state index in [0.29, 0.717) is 10.9 Å². The Kier molecular flexibility index (Phi) is 2.48. The molecule has 1 N–H and O–H groups in total. The first-order chi connectivity index (χ1) is 9.08. The summed E-state index contributed by atoms with van der Waals surface area (Å²) < 4.78 is 0. The molecule has 0 radical (unpaired) electrons. The van der Waals surface area contributed by atoms with Crippen LogP contribution in [0.15, 0.2) is 12.1 Å². The number of aromatic amines is 1. The Labute approximate surface area is 107 Å². The van der Waals surface area contributed by atoms with Gasteiger partial charge in [0.15, 0.2) is 0 Å². The predicted molar refractivity (Wildman–Crippen MR) is 68.2 cm³/mol. The van der Waals surface area contributed by atoms with Crippen LogP contribution in [-0.4, -0.2) is 14.8 Å². The highest BCUT2D eigenvalue weighted by Gasteiger charge is 2.25. The van der Waals surface area contributed by atoms with Crippen LogP contribution in [0.1, 0.15) is 24.1 Å². The second-order valence-corrected chi connectivity index (χ2v) is 4.69. The molecule has 3 rings (SSSR count). The van der Waals surface area contributed by atoms with Gasteiger partial charge in [0.25, 0.3) is 11.4 Å². The van der Waals surface area contributed by atoms with Crippen LogP contribution in [0.2, 0.25) is 0 Å². The van der Waals surface area contributed by atoms with E-state index in [-0.39, 0.29) is 11.4 Å². The van der Waals surface area contributed by atoms with E-state index in [2.05, 4.69) is 4.98 Å². The molecule has 2 aromatic rings. The quantitative estimate of drug-likeness (QED) is 0.663. The smallest absolute Gasteiger partial charge is 0.300 e. The van der Waals surface area contributed by atoms with Crippen LogP contribution in [0, 0.1) is 20.2 Å². The normalized spacial score (nSPS) is 14.3. The van der Waals surface area contributed by atoms with Crippen LogP contribution in [0.4, 0.5) is 11.4 Å². The zero-order valence-corrected chi connectivity index (χ0v) is 10.0. The van der Waals surface area contributed by atoms with Crippen molar-refractivity contribution in [1.29, 1.82) is 0 Å². The number of hydrogen-bond acceptors (Lipinski definition) is 4. The summed E-state index contributed by atoms with van der Waals surface area (Å²) in [6.07, 6.45) is 3.70. The molecule has 98 valence electrons. The second-order valence-electron chi connectivity index (χ2n) is 4.69. The molecule has 1 aliphatic carbocycles. The summed E-state index contributed by atoms with van der Waals surface area (Å²) in [5.41, 5.74) is 1.92. The summed E-state index contributed by atoms with van der Waals surface area (Å²) in [6, 6.07) is 2.45. The van der Waals surface area contributed by atoms with E-state index >= 15 is 0 Å². The van der Waals surface area contributed by atoms with Crippen molar-refractivity contribution in [3.8, 4) is 0 Å². The van der Waals surface area contributed by atoms with E-state index in [4.69, 9.17) is 0 Å². The maximum absolute atomic E-state index is 11.1. The highest BCUT2D eigenvalue weighted by Crippen LogP contribution is 2.36. The summed E-state index contributed by atoms with van der Waals surface area (Å²) in [7, 11) is 0. The van der Waals surface area contributed by atoms with Crippen LogP contribution in [0.3, 0.4) is 0 Å². The van der Waals surface area contributed by atoms with Gasteiger partial charge in [0.05, 0.1) is 15.9 Å². The van der Waals surface area contributed by atoms with Crippen molar-refractivity contribution in [3.05, 3.63) is 43.6 Å². The number of benzene rings is 1. The number of nitro groups is 2. The molecule has 7 heteroatoms. The fourth-order valence-corrected chi connectivity index (χ4v) is 2.72. The monoisotopic (exact) mass is 261 g/mol. The number of rotatable bonds is 2. The van der Waals surface area contributed by atoms with Gasteiger partial charge in [-0.15, -0.1) is 0 Å². The van der Waals surface area contributed by atoms with Crippen molar-refractivity contribution in [2.45, 2.75) is 25.7 Å². The van der Waals surface area contributed by atoms with Gasteiger partial charge in [0, 0.05) is 17.1 Å². The Morgan fingerprint density at radius 1 is 1.05 bits per heavy atom. The van der Waals surface area contributed by atoms with Gasteiger partial charge in [-0.25, -0.2) is 0 Å². The number of nitrogens with zero attached hydrogens (tertiary/aromatic N) is 2. The Morgan fingerprint density at radius 2 is 1.79 bits per heavy atom. The Morgan fingerprint density at radius 3 is 2.47 bits per heavy atom. The minimum absolute atomic E-state index is 0.224. The zero-order valence-electron chi connectivity index (χ0n) is 10.0. The van der Waals surface area contributed by atoms with Gasteiger partial charge in [0.2, 0.25) is 0 Å². The number of nitro benzene ring substituents is 2. The summed E-state index contributed by atoms with van der Waals surface area (Å²) in [5, 5.41) is 22.6. The summed E-state index contributed by atoms with van der Waals surface area (Å²) in [6.45, 7) is 0. The molecule has 0 aliphatic heterocycles. The molecule has 1 aliphatic rings. The summed E-state index contributed by atoms with van der Waals surface area (Å²) >= 11 is 0. The lowest BCUT2D eigenvalue weighted by atomic mass is 9.95. The lowest BCUT2D eigenvalue weighted by Gasteiger charge is -2.10. The van der Waals surface area contributed by atoms with Crippen molar-refractivity contribution in [3.63, 3.8) is 0 Å². The third kappa shape index (κ3) is 1.74. The lowest BCUT2D eigenvalue weighted by Crippen LogP contribution is -2.00. The maximum atomic E-state index is 11.1. The number of aryl methyl sites for hydroxylation is 2. The van der Waals surface area contributed by atoms with Crippen molar-refractivity contribution in [2.75, 3.05) is 0 Å². The van der Waals surface area contributed by atoms with Gasteiger partial charge in [0.1, 0.15) is 5.52 Å². The Bertz CT molecular complexity index is 705. The first-order valence-corrected chi connectivity index (χ1v) is 6.04. The van der Waals surface area contributed by atoms with E-state index in [9.17, 15) is 20.2 Å². The minimum atomic E-state index is -0.589. The number of non-ortho nitro benzene ring substituents is 2. The Hall–Kier alpha value is -2.44. The SMILES string of the molecule is O=[N+]([O-])c1cc([N+](=O)[O-])c2[nH]c3c(c2c1)CCCC3. The molecule has 1 heterocycles. The molecule has 0 amide bonds. The van der Waals surface area contributed by atoms with Crippen LogP contribution in [0.5, 0.6) is 0 Å². The fourth-order valence-electron chi connectivity index (χ4n) is 2.72. The van der Waals surface area contributed by atoms with Crippen molar-refractivity contribution in [1.82, 2.24) is 4.98 Å². The van der Waals surface area contributed by atoms with Gasteiger partial charge in [-0.05, 0) is 31.2 Å². The molecule has 7 nitrogen and oxygen atoms in total. The first kappa shape index (κ1) is 11.6. The lowest BCUT2D eigenvalue weighted by molar-refractivity contribution is -0.393. The van der Waals surface area contributed by atoms with Gasteiger partial charge < -0.3 is 4.98 Å². The van der Waals surface area contributed by atoms with Crippen LogP contribution >= 0.6 is 0 Å². The van der Waals surface area contributed by atoms with E-state index in [1.807, 2.05) is 0 Å². The highest BCUT2D eigenvalue weighted by atomic mass is 16.6. The minimum Gasteiger partial charge on any atom is -0.353 e. The van der Waals surface area contributed by atoms with E-state index < -0.39 is 9.85 Å². The van der Waals surface area contributed by atoms with E-state index in [1.54, 1.807) is 0 Å². The average Bonchev–Trinajstić information content (AvgIpc) is 2.75. The highest BCUT2D eigenvalue weighted by molar-refractivity contribution is 5.94. The van der Waals surface area contributed by atoms with Gasteiger partial charge >= 0.3 is 0 Å². The summed E-state index contributed by atoms with van der Waals surface area (Å²) in [4.78, 5) is 23.9. The number of aromatic nitrogens is 1. The third-order valence-electron chi connectivity index (χ3n) is 3.58. The Balaban J connectivity index is 2.36. The molecule has 0 fully saturated rings. The standard InChI is InChI=1S/C12H11N3O4/c16-14(17)7-5-9-8-3-1-2-4-10(8)13-12(9)11(6-7)15(18)19/h5-6,13H,1-4H2. The van der Waals surface area contributed by atoms with E-state index in [0.717, 1.165) is 43.0 Å². The molecule has 0 atom stereocenters. The molecular weight excluding hydrogens is 250 g/mol. The largest absolute Gasteiger partial charge is 0.353 e. The van der Waals surface area contributed by atoms with Crippen molar-refractivity contribution in [2.24, 2.45) is 0 Å². The topological polar surface area (TPSA) is 102 Å². The molecule has 1 aromatic carbocycles. The average molecular weight is 261 g/mol. The third-order valence-corrected chi connectivity index (χ3v) is 3.58. The van der Waals surface area contributed by atoms with Crippen LogP contribution in [-0.2, 0) is 12.8 Å². The summed E-state index contributed by atoms with van der Waals surface area (Å²) in [5.74, 6) is 0. The predicted octanol–water partition coefficient (Wildman–Crippen LogP) is 2.86. The molecule has 0 saturated heterocycles. The fraction of sp³-hybridized carbons (Fsp3) is 0.333.